The fourth-order valence-corrected chi connectivity index (χ4v) is 3.55. The van der Waals surface area contributed by atoms with Crippen molar-refractivity contribution in [3.05, 3.63) is 34.3 Å². The molecule has 0 saturated carbocycles. The lowest BCUT2D eigenvalue weighted by Crippen LogP contribution is -2.14. The highest BCUT2D eigenvalue weighted by atomic mass is 32.2. The lowest BCUT2D eigenvalue weighted by molar-refractivity contribution is 0.407. The molecule has 1 aromatic heterocycles. The molecule has 2 aromatic rings. The van der Waals surface area contributed by atoms with Crippen molar-refractivity contribution in [2.24, 2.45) is 5.73 Å². The Labute approximate surface area is 121 Å². The van der Waals surface area contributed by atoms with Crippen LogP contribution in [0.25, 0.3) is 0 Å². The molecular weight excluding hydrogens is 278 g/mol. The summed E-state index contributed by atoms with van der Waals surface area (Å²) < 4.78 is 6.32. The van der Waals surface area contributed by atoms with Crippen molar-refractivity contribution in [1.82, 2.24) is 10.2 Å². The molecule has 0 aliphatic heterocycles. The van der Waals surface area contributed by atoms with E-state index in [0.717, 1.165) is 26.4 Å². The Kier molecular flexibility index (Phi) is 4.79. The number of benzene rings is 1. The summed E-state index contributed by atoms with van der Waals surface area (Å²) >= 11 is 3.23. The maximum Gasteiger partial charge on any atom is 0.174 e. The van der Waals surface area contributed by atoms with Gasteiger partial charge < -0.3 is 10.5 Å². The van der Waals surface area contributed by atoms with E-state index in [-0.39, 0.29) is 6.04 Å². The molecule has 1 heterocycles. The molecule has 0 bridgehead atoms. The highest BCUT2D eigenvalue weighted by Gasteiger charge is 2.13. The predicted octanol–water partition coefficient (Wildman–Crippen LogP) is 2.96. The molecule has 102 valence electrons. The number of aryl methyl sites for hydroxylation is 2. The number of nitrogens with zero attached hydrogens (tertiary/aromatic N) is 2. The summed E-state index contributed by atoms with van der Waals surface area (Å²) in [4.78, 5) is 0. The molecular formula is C13H17N3OS2. The Morgan fingerprint density at radius 3 is 2.79 bits per heavy atom. The van der Waals surface area contributed by atoms with Crippen molar-refractivity contribution >= 4 is 23.1 Å². The first-order valence-corrected chi connectivity index (χ1v) is 7.73. The molecule has 2 N–H and O–H groups in total. The van der Waals surface area contributed by atoms with Crippen LogP contribution in [0, 0.1) is 13.8 Å². The smallest absolute Gasteiger partial charge is 0.174 e. The second-order valence-electron chi connectivity index (χ2n) is 4.25. The number of thioether (sulfide) groups is 1. The van der Waals surface area contributed by atoms with E-state index in [1.165, 1.54) is 5.56 Å². The van der Waals surface area contributed by atoms with Crippen molar-refractivity contribution < 1.29 is 4.74 Å². The van der Waals surface area contributed by atoms with Crippen LogP contribution in [0.4, 0.5) is 0 Å². The standard InChI is InChI=1S/C13H17N3OS2/c1-8-4-5-12(17-3)10(6-8)11(14)7-18-13-16-15-9(2)19-13/h4-6,11H,7,14H2,1-3H3. The molecule has 0 radical (unpaired) electrons. The monoisotopic (exact) mass is 295 g/mol. The fraction of sp³-hybridized carbons (Fsp3) is 0.385. The van der Waals surface area contributed by atoms with Gasteiger partial charge >= 0.3 is 0 Å². The molecule has 1 aromatic carbocycles. The Bertz CT molecular complexity index is 557. The molecule has 0 fully saturated rings. The van der Waals surface area contributed by atoms with E-state index in [1.807, 2.05) is 19.1 Å². The van der Waals surface area contributed by atoms with E-state index >= 15 is 0 Å². The van der Waals surface area contributed by atoms with Crippen molar-refractivity contribution in [3.63, 3.8) is 0 Å². The molecule has 0 spiro atoms. The van der Waals surface area contributed by atoms with E-state index < -0.39 is 0 Å². The molecule has 4 nitrogen and oxygen atoms in total. The van der Waals surface area contributed by atoms with Crippen LogP contribution in [0.1, 0.15) is 22.2 Å². The fourth-order valence-electron chi connectivity index (χ4n) is 1.73. The summed E-state index contributed by atoms with van der Waals surface area (Å²) in [6.45, 7) is 4.00. The molecule has 0 aliphatic rings. The molecule has 0 aliphatic carbocycles. The topological polar surface area (TPSA) is 61.0 Å². The van der Waals surface area contributed by atoms with Crippen molar-refractivity contribution in [1.29, 1.82) is 0 Å². The number of hydrogen-bond donors (Lipinski definition) is 1. The van der Waals surface area contributed by atoms with Crippen molar-refractivity contribution in [2.75, 3.05) is 12.9 Å². The third kappa shape index (κ3) is 3.68. The SMILES string of the molecule is COc1ccc(C)cc1C(N)CSc1nnc(C)s1. The third-order valence-corrected chi connectivity index (χ3v) is 4.77. The van der Waals surface area contributed by atoms with Gasteiger partial charge in [0, 0.05) is 17.4 Å². The first-order valence-electron chi connectivity index (χ1n) is 5.93. The Morgan fingerprint density at radius 2 is 2.16 bits per heavy atom. The van der Waals surface area contributed by atoms with Gasteiger partial charge in [0.1, 0.15) is 10.8 Å². The van der Waals surface area contributed by atoms with E-state index in [2.05, 4.69) is 23.2 Å². The zero-order valence-corrected chi connectivity index (χ0v) is 12.8. The van der Waals surface area contributed by atoms with E-state index in [4.69, 9.17) is 10.5 Å². The summed E-state index contributed by atoms with van der Waals surface area (Å²) in [5, 5.41) is 9.06. The second kappa shape index (κ2) is 6.36. The summed E-state index contributed by atoms with van der Waals surface area (Å²) in [5.74, 6) is 1.60. The van der Waals surface area contributed by atoms with Gasteiger partial charge in [0.2, 0.25) is 0 Å². The second-order valence-corrected chi connectivity index (χ2v) is 6.70. The summed E-state index contributed by atoms with van der Waals surface area (Å²) in [6.07, 6.45) is 0. The molecule has 0 saturated heterocycles. The highest BCUT2D eigenvalue weighted by Crippen LogP contribution is 2.30. The largest absolute Gasteiger partial charge is 0.496 e. The van der Waals surface area contributed by atoms with Gasteiger partial charge in [-0.05, 0) is 19.9 Å². The maximum absolute atomic E-state index is 6.25. The lowest BCUT2D eigenvalue weighted by Gasteiger charge is -2.15. The van der Waals surface area contributed by atoms with Gasteiger partial charge in [-0.3, -0.25) is 0 Å². The summed E-state index contributed by atoms with van der Waals surface area (Å²) in [5.41, 5.74) is 8.47. The van der Waals surface area contributed by atoms with Gasteiger partial charge in [-0.1, -0.05) is 40.8 Å². The predicted molar refractivity (Wildman–Crippen MR) is 80.0 cm³/mol. The van der Waals surface area contributed by atoms with Gasteiger partial charge in [-0.2, -0.15) is 0 Å². The van der Waals surface area contributed by atoms with Crippen LogP contribution in [-0.2, 0) is 0 Å². The molecule has 1 atom stereocenters. The zero-order valence-electron chi connectivity index (χ0n) is 11.2. The Morgan fingerprint density at radius 1 is 1.37 bits per heavy atom. The lowest BCUT2D eigenvalue weighted by atomic mass is 10.1. The minimum absolute atomic E-state index is 0.0796. The number of hydrogen-bond acceptors (Lipinski definition) is 6. The van der Waals surface area contributed by atoms with Crippen LogP contribution in [0.2, 0.25) is 0 Å². The van der Waals surface area contributed by atoms with Gasteiger partial charge in [0.15, 0.2) is 4.34 Å². The molecule has 1 unspecified atom stereocenters. The van der Waals surface area contributed by atoms with Gasteiger partial charge in [-0.25, -0.2) is 0 Å². The summed E-state index contributed by atoms with van der Waals surface area (Å²) in [6, 6.07) is 5.99. The van der Waals surface area contributed by atoms with Crippen LogP contribution in [0.3, 0.4) is 0 Å². The highest BCUT2D eigenvalue weighted by molar-refractivity contribution is 8.01. The van der Waals surface area contributed by atoms with Crippen LogP contribution in [0.5, 0.6) is 5.75 Å². The number of nitrogens with two attached hydrogens (primary N) is 1. The Balaban J connectivity index is 2.06. The van der Waals surface area contributed by atoms with Crippen molar-refractivity contribution in [2.45, 2.75) is 24.2 Å². The van der Waals surface area contributed by atoms with E-state index in [0.29, 0.717) is 0 Å². The minimum Gasteiger partial charge on any atom is -0.496 e. The number of ether oxygens (including phenoxy) is 1. The molecule has 2 rings (SSSR count). The quantitative estimate of drug-likeness (QED) is 0.859. The van der Waals surface area contributed by atoms with Crippen LogP contribution < -0.4 is 10.5 Å². The first kappa shape index (κ1) is 14.3. The third-order valence-electron chi connectivity index (χ3n) is 2.68. The molecule has 19 heavy (non-hydrogen) atoms. The molecule has 6 heteroatoms. The normalized spacial score (nSPS) is 12.4. The number of methoxy groups -OCH3 is 1. The average Bonchev–Trinajstić information content (AvgIpc) is 2.81. The van der Waals surface area contributed by atoms with E-state index in [9.17, 15) is 0 Å². The van der Waals surface area contributed by atoms with Gasteiger partial charge in [0.05, 0.1) is 7.11 Å². The van der Waals surface area contributed by atoms with Crippen molar-refractivity contribution in [3.8, 4) is 5.75 Å². The van der Waals surface area contributed by atoms with Gasteiger partial charge in [-0.15, -0.1) is 10.2 Å². The molecule has 0 amide bonds. The summed E-state index contributed by atoms with van der Waals surface area (Å²) in [7, 11) is 1.67. The minimum atomic E-state index is -0.0796. The van der Waals surface area contributed by atoms with E-state index in [1.54, 1.807) is 30.2 Å². The Hall–Kier alpha value is -1.11. The van der Waals surface area contributed by atoms with Gasteiger partial charge in [0.25, 0.3) is 0 Å². The van der Waals surface area contributed by atoms with Crippen LogP contribution >= 0.6 is 23.1 Å². The van der Waals surface area contributed by atoms with Crippen LogP contribution in [0.15, 0.2) is 22.5 Å². The maximum atomic E-state index is 6.25. The first-order chi connectivity index (χ1) is 9.10. The average molecular weight is 295 g/mol. The number of rotatable bonds is 5. The number of aromatic nitrogens is 2. The zero-order chi connectivity index (χ0) is 13.8. The van der Waals surface area contributed by atoms with Crippen LogP contribution in [-0.4, -0.2) is 23.1 Å².